The molecule has 2 N–H and O–H groups in total. The van der Waals surface area contributed by atoms with Gasteiger partial charge < -0.3 is 5.11 Å². The molecule has 1 heterocycles. The minimum atomic E-state index is -3.40. The molecule has 0 amide bonds. The number of aliphatic hydroxyl groups is 1. The zero-order valence-corrected chi connectivity index (χ0v) is 9.31. The van der Waals surface area contributed by atoms with E-state index in [9.17, 15) is 8.42 Å². The second-order valence-corrected chi connectivity index (χ2v) is 5.12. The molecule has 0 bridgehead atoms. The topological polar surface area (TPSA) is 69.6 Å². The summed E-state index contributed by atoms with van der Waals surface area (Å²) in [5.41, 5.74) is 1.61. The van der Waals surface area contributed by atoms with E-state index in [1.54, 1.807) is 18.2 Å². The van der Waals surface area contributed by atoms with E-state index < -0.39 is 10.2 Å². The number of rotatable bonds is 3. The molecule has 0 saturated carbocycles. The summed E-state index contributed by atoms with van der Waals surface area (Å²) < 4.78 is 26.3. The van der Waals surface area contributed by atoms with E-state index in [0.29, 0.717) is 0 Å². The largest absolute Gasteiger partial charge is 0.392 e. The molecule has 0 radical (unpaired) electrons. The van der Waals surface area contributed by atoms with Crippen molar-refractivity contribution in [3.8, 4) is 0 Å². The fourth-order valence-electron chi connectivity index (χ4n) is 1.49. The van der Waals surface area contributed by atoms with Crippen LogP contribution in [0.4, 0.5) is 0 Å². The van der Waals surface area contributed by atoms with Crippen molar-refractivity contribution in [3.05, 3.63) is 47.8 Å². The molecular formula is C10H12N2O3S. The summed E-state index contributed by atoms with van der Waals surface area (Å²) in [5, 5.41) is 8.97. The quantitative estimate of drug-likeness (QED) is 0.798. The Hall–Kier alpha value is -1.53. The summed E-state index contributed by atoms with van der Waals surface area (Å²) in [6.45, 7) is 0.217. The highest BCUT2D eigenvalue weighted by atomic mass is 32.2. The highest BCUT2D eigenvalue weighted by molar-refractivity contribution is 7.87. The van der Waals surface area contributed by atoms with E-state index in [2.05, 4.69) is 4.72 Å². The van der Waals surface area contributed by atoms with E-state index in [1.165, 1.54) is 16.7 Å². The van der Waals surface area contributed by atoms with E-state index in [0.717, 1.165) is 11.1 Å². The predicted molar refractivity (Wildman–Crippen MR) is 59.1 cm³/mol. The predicted octanol–water partition coefficient (Wildman–Crippen LogP) is 0.300. The highest BCUT2D eigenvalue weighted by Gasteiger charge is 2.21. The van der Waals surface area contributed by atoms with E-state index in [1.807, 2.05) is 6.07 Å². The molecule has 2 rings (SSSR count). The molecular weight excluding hydrogens is 228 g/mol. The lowest BCUT2D eigenvalue weighted by Crippen LogP contribution is -2.28. The van der Waals surface area contributed by atoms with Gasteiger partial charge in [0.25, 0.3) is 0 Å². The maximum atomic E-state index is 11.4. The molecule has 0 atom stereocenters. The molecule has 0 aromatic heterocycles. The Kier molecular flexibility index (Phi) is 2.84. The Morgan fingerprint density at radius 2 is 2.06 bits per heavy atom. The van der Waals surface area contributed by atoms with Crippen LogP contribution in [-0.4, -0.2) is 17.8 Å². The summed E-state index contributed by atoms with van der Waals surface area (Å²) in [7, 11) is -3.40. The summed E-state index contributed by atoms with van der Waals surface area (Å²) in [4.78, 5) is 0. The standard InChI is InChI=1S/C10H12N2O3S/c13-8-10-3-1-2-9(6-10)7-12-5-4-11-16(12,14)15/h1-6,11,13H,7-8H2. The van der Waals surface area contributed by atoms with Crippen LogP contribution >= 0.6 is 0 Å². The van der Waals surface area contributed by atoms with Gasteiger partial charge in [-0.15, -0.1) is 0 Å². The fraction of sp³-hybridized carbons (Fsp3) is 0.200. The zero-order chi connectivity index (χ0) is 11.6. The minimum Gasteiger partial charge on any atom is -0.392 e. The van der Waals surface area contributed by atoms with Crippen molar-refractivity contribution in [1.29, 1.82) is 0 Å². The molecule has 0 saturated heterocycles. The second kappa shape index (κ2) is 4.15. The van der Waals surface area contributed by atoms with Crippen LogP contribution in [0.3, 0.4) is 0 Å². The number of nitrogens with zero attached hydrogens (tertiary/aromatic N) is 1. The van der Waals surface area contributed by atoms with Gasteiger partial charge in [-0.05, 0) is 11.1 Å². The first kappa shape index (κ1) is 11.0. The molecule has 0 aliphatic carbocycles. The molecule has 1 aromatic carbocycles. The number of hydrogen-bond donors (Lipinski definition) is 2. The molecule has 1 aliphatic rings. The fourth-order valence-corrected chi connectivity index (χ4v) is 2.40. The van der Waals surface area contributed by atoms with Gasteiger partial charge in [-0.3, -0.25) is 9.03 Å². The third-order valence-corrected chi connectivity index (χ3v) is 3.58. The molecule has 6 heteroatoms. The maximum Gasteiger partial charge on any atom is 0.323 e. The van der Waals surface area contributed by atoms with Crippen LogP contribution in [-0.2, 0) is 23.4 Å². The van der Waals surface area contributed by atoms with Gasteiger partial charge >= 0.3 is 10.2 Å². The summed E-state index contributed by atoms with van der Waals surface area (Å²) in [6, 6.07) is 7.18. The van der Waals surface area contributed by atoms with Crippen LogP contribution in [0.15, 0.2) is 36.7 Å². The summed E-state index contributed by atoms with van der Waals surface area (Å²) in [6.07, 6.45) is 2.85. The van der Waals surface area contributed by atoms with Crippen LogP contribution < -0.4 is 4.72 Å². The first-order chi connectivity index (χ1) is 7.62. The van der Waals surface area contributed by atoms with Crippen LogP contribution in [0.1, 0.15) is 11.1 Å². The van der Waals surface area contributed by atoms with Crippen molar-refractivity contribution in [2.45, 2.75) is 13.2 Å². The normalized spacial score (nSPS) is 17.4. The summed E-state index contributed by atoms with van der Waals surface area (Å²) >= 11 is 0. The minimum absolute atomic E-state index is 0.0469. The molecule has 5 nitrogen and oxygen atoms in total. The number of hydrogen-bond acceptors (Lipinski definition) is 3. The van der Waals surface area contributed by atoms with Crippen molar-refractivity contribution >= 4 is 10.2 Å². The van der Waals surface area contributed by atoms with Crippen molar-refractivity contribution in [2.24, 2.45) is 0 Å². The third kappa shape index (κ3) is 2.17. The first-order valence-corrected chi connectivity index (χ1v) is 6.20. The van der Waals surface area contributed by atoms with Gasteiger partial charge in [0.1, 0.15) is 0 Å². The molecule has 0 spiro atoms. The molecule has 0 fully saturated rings. The van der Waals surface area contributed by atoms with Gasteiger partial charge in [0.15, 0.2) is 0 Å². The van der Waals surface area contributed by atoms with Crippen LogP contribution in [0.2, 0.25) is 0 Å². The van der Waals surface area contributed by atoms with Gasteiger partial charge in [0.05, 0.1) is 13.2 Å². The van der Waals surface area contributed by atoms with Gasteiger partial charge in [-0.2, -0.15) is 8.42 Å². The molecule has 86 valence electrons. The van der Waals surface area contributed by atoms with Gasteiger partial charge in [-0.1, -0.05) is 24.3 Å². The third-order valence-electron chi connectivity index (χ3n) is 2.28. The molecule has 0 unspecified atom stereocenters. The molecule has 16 heavy (non-hydrogen) atoms. The Bertz CT molecular complexity index is 511. The monoisotopic (exact) mass is 240 g/mol. The smallest absolute Gasteiger partial charge is 0.323 e. The Morgan fingerprint density at radius 1 is 1.31 bits per heavy atom. The molecule has 1 aliphatic heterocycles. The maximum absolute atomic E-state index is 11.4. The lowest BCUT2D eigenvalue weighted by Gasteiger charge is -2.14. The van der Waals surface area contributed by atoms with Crippen LogP contribution in [0, 0.1) is 0 Å². The zero-order valence-electron chi connectivity index (χ0n) is 8.50. The lowest BCUT2D eigenvalue weighted by molar-refractivity contribution is 0.281. The van der Waals surface area contributed by atoms with Gasteiger partial charge in [0.2, 0.25) is 0 Å². The van der Waals surface area contributed by atoms with Crippen molar-refractivity contribution in [2.75, 3.05) is 0 Å². The number of aliphatic hydroxyl groups excluding tert-OH is 1. The Balaban J connectivity index is 2.18. The summed E-state index contributed by atoms with van der Waals surface area (Å²) in [5.74, 6) is 0. The van der Waals surface area contributed by atoms with Crippen molar-refractivity contribution in [1.82, 2.24) is 9.03 Å². The Labute approximate surface area is 94.2 Å². The highest BCUT2D eigenvalue weighted by Crippen LogP contribution is 2.13. The number of benzene rings is 1. The molecule has 1 aromatic rings. The van der Waals surface area contributed by atoms with E-state index >= 15 is 0 Å². The average Bonchev–Trinajstić information content (AvgIpc) is 2.59. The first-order valence-electron chi connectivity index (χ1n) is 4.76. The van der Waals surface area contributed by atoms with E-state index in [-0.39, 0.29) is 13.2 Å². The van der Waals surface area contributed by atoms with Crippen LogP contribution in [0.5, 0.6) is 0 Å². The van der Waals surface area contributed by atoms with Gasteiger partial charge in [-0.25, -0.2) is 0 Å². The lowest BCUT2D eigenvalue weighted by atomic mass is 10.1. The second-order valence-electron chi connectivity index (χ2n) is 3.46. The Morgan fingerprint density at radius 3 is 2.69 bits per heavy atom. The van der Waals surface area contributed by atoms with Crippen LogP contribution in [0.25, 0.3) is 0 Å². The average molecular weight is 240 g/mol. The SMILES string of the molecule is O=S1(=O)NC=CN1Cc1cccc(CO)c1. The van der Waals surface area contributed by atoms with Crippen molar-refractivity contribution in [3.63, 3.8) is 0 Å². The number of nitrogens with one attached hydrogen (secondary N) is 1. The van der Waals surface area contributed by atoms with E-state index in [4.69, 9.17) is 5.11 Å². The van der Waals surface area contributed by atoms with Crippen molar-refractivity contribution < 1.29 is 13.5 Å². The van der Waals surface area contributed by atoms with Gasteiger partial charge in [0, 0.05) is 12.4 Å².